The van der Waals surface area contributed by atoms with Crippen LogP contribution in [0.5, 0.6) is 0 Å². The molecule has 1 saturated carbocycles. The van der Waals surface area contributed by atoms with Crippen molar-refractivity contribution in [3.63, 3.8) is 0 Å². The minimum Gasteiger partial charge on any atom is -0.465 e. The first kappa shape index (κ1) is 20.1. The van der Waals surface area contributed by atoms with Crippen LogP contribution in [0.15, 0.2) is 35.2 Å². The molecule has 1 heterocycles. The van der Waals surface area contributed by atoms with Crippen molar-refractivity contribution in [3.8, 4) is 0 Å². The molecule has 4 rings (SSSR count). The Bertz CT molecular complexity index is 1210. The number of fused-ring (bicyclic) bond motifs is 1. The topological polar surface area (TPSA) is 110 Å². The highest BCUT2D eigenvalue weighted by Crippen LogP contribution is 2.39. The number of nitrogens with one attached hydrogen (secondary N) is 1. The summed E-state index contributed by atoms with van der Waals surface area (Å²) < 4.78 is 31.2. The number of sulfonamides is 1. The molecule has 30 heavy (non-hydrogen) atoms. The number of amides is 2. The highest BCUT2D eigenvalue weighted by Gasteiger charge is 2.48. The lowest BCUT2D eigenvalue weighted by atomic mass is 10.0. The van der Waals surface area contributed by atoms with Gasteiger partial charge in [0.05, 0.1) is 18.2 Å². The van der Waals surface area contributed by atoms with Gasteiger partial charge in [-0.25, -0.2) is 17.5 Å². The van der Waals surface area contributed by atoms with Crippen molar-refractivity contribution in [1.29, 1.82) is 0 Å². The second-order valence-electron chi connectivity index (χ2n) is 7.46. The molecule has 0 unspecified atom stereocenters. The predicted octanol–water partition coefficient (Wildman–Crippen LogP) is 2.65. The third kappa shape index (κ3) is 3.15. The van der Waals surface area contributed by atoms with E-state index in [0.29, 0.717) is 24.1 Å². The number of carbonyl (C=O) groups is 3. The first-order valence-corrected chi connectivity index (χ1v) is 10.8. The number of anilines is 1. The number of esters is 1. The van der Waals surface area contributed by atoms with Crippen molar-refractivity contribution in [2.75, 3.05) is 12.4 Å². The molecule has 0 radical (unpaired) electrons. The molecule has 2 aliphatic rings. The van der Waals surface area contributed by atoms with E-state index in [1.54, 1.807) is 19.9 Å². The molecule has 2 aromatic carbocycles. The summed E-state index contributed by atoms with van der Waals surface area (Å²) in [5, 5.41) is 2.68. The van der Waals surface area contributed by atoms with E-state index in [-0.39, 0.29) is 22.1 Å². The second kappa shape index (κ2) is 6.94. The molecule has 0 saturated heterocycles. The number of hydrogen-bond acceptors (Lipinski definition) is 6. The quantitative estimate of drug-likeness (QED) is 0.750. The standard InChI is InChI=1S/C21H20N2O6S/c1-11-8-14(10-17(12(11)2)21(26)29-3)22-19(24)13-4-7-16-18(9-13)30(27,28)23(20(16)25)15-5-6-15/h4,7-10,15H,5-6H2,1-3H3,(H,22,24). The third-order valence-corrected chi connectivity index (χ3v) is 7.30. The molecule has 1 aliphatic carbocycles. The van der Waals surface area contributed by atoms with Gasteiger partial charge in [-0.05, 0) is 68.1 Å². The van der Waals surface area contributed by atoms with Gasteiger partial charge in [0.1, 0.15) is 4.90 Å². The van der Waals surface area contributed by atoms with Gasteiger partial charge in [-0.1, -0.05) is 0 Å². The SMILES string of the molecule is COC(=O)c1cc(NC(=O)c2ccc3c(c2)S(=O)(=O)N(C2CC2)C3=O)cc(C)c1C. The maximum atomic E-state index is 12.8. The summed E-state index contributed by atoms with van der Waals surface area (Å²) >= 11 is 0. The van der Waals surface area contributed by atoms with Crippen LogP contribution in [-0.2, 0) is 14.8 Å². The van der Waals surface area contributed by atoms with E-state index in [1.165, 1.54) is 31.4 Å². The molecule has 0 aromatic heterocycles. The Morgan fingerprint density at radius 3 is 2.47 bits per heavy atom. The minimum atomic E-state index is -3.95. The number of nitrogens with zero attached hydrogens (tertiary/aromatic N) is 1. The van der Waals surface area contributed by atoms with Gasteiger partial charge in [0.25, 0.3) is 21.8 Å². The van der Waals surface area contributed by atoms with Crippen LogP contribution in [0, 0.1) is 13.8 Å². The largest absolute Gasteiger partial charge is 0.465 e. The monoisotopic (exact) mass is 428 g/mol. The molecule has 8 nitrogen and oxygen atoms in total. The Morgan fingerprint density at radius 2 is 1.83 bits per heavy atom. The van der Waals surface area contributed by atoms with Crippen LogP contribution >= 0.6 is 0 Å². The van der Waals surface area contributed by atoms with Gasteiger partial charge in [-0.2, -0.15) is 0 Å². The average Bonchev–Trinajstić information content (AvgIpc) is 3.51. The van der Waals surface area contributed by atoms with Crippen molar-refractivity contribution < 1.29 is 27.5 Å². The van der Waals surface area contributed by atoms with Gasteiger partial charge in [0, 0.05) is 17.3 Å². The van der Waals surface area contributed by atoms with Crippen molar-refractivity contribution in [1.82, 2.24) is 4.31 Å². The summed E-state index contributed by atoms with van der Waals surface area (Å²) in [5.41, 5.74) is 2.41. The summed E-state index contributed by atoms with van der Waals surface area (Å²) in [7, 11) is -2.67. The molecule has 2 aromatic rings. The van der Waals surface area contributed by atoms with Crippen molar-refractivity contribution in [2.45, 2.75) is 37.6 Å². The van der Waals surface area contributed by atoms with E-state index in [4.69, 9.17) is 4.74 Å². The number of benzene rings is 2. The fraction of sp³-hybridized carbons (Fsp3) is 0.286. The minimum absolute atomic E-state index is 0.0811. The lowest BCUT2D eigenvalue weighted by Gasteiger charge is -2.13. The summed E-state index contributed by atoms with van der Waals surface area (Å²) in [5.74, 6) is -1.62. The molecule has 156 valence electrons. The van der Waals surface area contributed by atoms with E-state index < -0.39 is 27.8 Å². The highest BCUT2D eigenvalue weighted by molar-refractivity contribution is 7.90. The van der Waals surface area contributed by atoms with Crippen molar-refractivity contribution >= 4 is 33.5 Å². The van der Waals surface area contributed by atoms with Gasteiger partial charge in [-0.3, -0.25) is 9.59 Å². The van der Waals surface area contributed by atoms with Crippen molar-refractivity contribution in [2.24, 2.45) is 0 Å². The number of methoxy groups -OCH3 is 1. The zero-order valence-electron chi connectivity index (χ0n) is 16.7. The summed E-state index contributed by atoms with van der Waals surface area (Å²) in [6.07, 6.45) is 1.31. The zero-order chi connectivity index (χ0) is 21.8. The van der Waals surface area contributed by atoms with Gasteiger partial charge >= 0.3 is 5.97 Å². The Labute approximate surface area is 173 Å². The number of rotatable bonds is 4. The van der Waals surface area contributed by atoms with E-state index in [1.807, 2.05) is 0 Å². The fourth-order valence-electron chi connectivity index (χ4n) is 3.52. The van der Waals surface area contributed by atoms with Gasteiger partial charge in [-0.15, -0.1) is 0 Å². The van der Waals surface area contributed by atoms with E-state index >= 15 is 0 Å². The molecule has 0 atom stereocenters. The van der Waals surface area contributed by atoms with E-state index in [9.17, 15) is 22.8 Å². The van der Waals surface area contributed by atoms with Crippen LogP contribution < -0.4 is 5.32 Å². The van der Waals surface area contributed by atoms with Crippen LogP contribution in [0.1, 0.15) is 55.0 Å². The zero-order valence-corrected chi connectivity index (χ0v) is 17.5. The van der Waals surface area contributed by atoms with E-state index in [0.717, 1.165) is 15.4 Å². The third-order valence-electron chi connectivity index (χ3n) is 5.42. The predicted molar refractivity (Wildman–Crippen MR) is 108 cm³/mol. The maximum Gasteiger partial charge on any atom is 0.338 e. The van der Waals surface area contributed by atoms with Crippen LogP contribution in [0.25, 0.3) is 0 Å². The molecular formula is C21H20N2O6S. The molecule has 1 fully saturated rings. The Morgan fingerprint density at radius 1 is 1.13 bits per heavy atom. The lowest BCUT2D eigenvalue weighted by Crippen LogP contribution is -2.31. The average molecular weight is 428 g/mol. The number of aryl methyl sites for hydroxylation is 1. The first-order valence-electron chi connectivity index (χ1n) is 9.39. The molecule has 0 bridgehead atoms. The molecule has 2 amide bonds. The molecule has 1 N–H and O–H groups in total. The summed E-state index contributed by atoms with van der Waals surface area (Å²) in [4.78, 5) is 37.1. The fourth-order valence-corrected chi connectivity index (χ4v) is 5.36. The Kier molecular flexibility index (Phi) is 4.65. The molecule has 1 aliphatic heterocycles. The van der Waals surface area contributed by atoms with Crippen molar-refractivity contribution in [3.05, 3.63) is 58.1 Å². The highest BCUT2D eigenvalue weighted by atomic mass is 32.2. The van der Waals surface area contributed by atoms with Gasteiger partial charge in [0.15, 0.2) is 0 Å². The number of carbonyl (C=O) groups excluding carboxylic acids is 3. The van der Waals surface area contributed by atoms with Crippen LogP contribution in [-0.4, -0.2) is 43.7 Å². The molecule has 9 heteroatoms. The summed E-state index contributed by atoms with van der Waals surface area (Å²) in [6.45, 7) is 3.58. The Hall–Kier alpha value is -3.20. The normalized spacial score (nSPS) is 16.9. The maximum absolute atomic E-state index is 12.8. The van der Waals surface area contributed by atoms with Crippen LogP contribution in [0.4, 0.5) is 5.69 Å². The number of ether oxygens (including phenoxy) is 1. The number of hydrogen-bond donors (Lipinski definition) is 1. The second-order valence-corrected chi connectivity index (χ2v) is 9.24. The van der Waals surface area contributed by atoms with Crippen LogP contribution in [0.3, 0.4) is 0 Å². The summed E-state index contributed by atoms with van der Waals surface area (Å²) in [6, 6.07) is 6.94. The molecule has 0 spiro atoms. The Balaban J connectivity index is 1.65. The molecular weight excluding hydrogens is 408 g/mol. The first-order chi connectivity index (χ1) is 14.1. The van der Waals surface area contributed by atoms with Crippen LogP contribution in [0.2, 0.25) is 0 Å². The van der Waals surface area contributed by atoms with Gasteiger partial charge in [0.2, 0.25) is 0 Å². The van der Waals surface area contributed by atoms with Gasteiger partial charge < -0.3 is 10.1 Å². The van der Waals surface area contributed by atoms with E-state index in [2.05, 4.69) is 5.32 Å². The smallest absolute Gasteiger partial charge is 0.338 e. The lowest BCUT2D eigenvalue weighted by molar-refractivity contribution is 0.0599.